The van der Waals surface area contributed by atoms with E-state index in [2.05, 4.69) is 0 Å². The summed E-state index contributed by atoms with van der Waals surface area (Å²) < 4.78 is 10.6. The highest BCUT2D eigenvalue weighted by atomic mass is 16.5. The standard InChI is InChI=1S/C17H16O7/c18-13(9-23-14-4-2-1-3-5-14)10-24-15-7-11(16(19)20)6-12(8-15)17(21)22/h1-8,13,18H,9-10H2,(H,19,20)(H,21,22). The maximum Gasteiger partial charge on any atom is 0.335 e. The van der Waals surface area contributed by atoms with Crippen LogP contribution in [-0.2, 0) is 0 Å². The highest BCUT2D eigenvalue weighted by molar-refractivity contribution is 5.94. The monoisotopic (exact) mass is 332 g/mol. The average molecular weight is 332 g/mol. The number of benzene rings is 2. The predicted octanol–water partition coefficient (Wildman–Crippen LogP) is 1.90. The molecule has 0 saturated carbocycles. The Labute approximate surface area is 137 Å². The van der Waals surface area contributed by atoms with Crippen molar-refractivity contribution in [2.45, 2.75) is 6.10 Å². The molecule has 7 nitrogen and oxygen atoms in total. The lowest BCUT2D eigenvalue weighted by Gasteiger charge is -2.14. The number of carbonyl (C=O) groups is 2. The van der Waals surface area contributed by atoms with E-state index >= 15 is 0 Å². The average Bonchev–Trinajstić information content (AvgIpc) is 2.58. The largest absolute Gasteiger partial charge is 0.491 e. The lowest BCUT2D eigenvalue weighted by atomic mass is 10.1. The molecule has 0 saturated heterocycles. The van der Waals surface area contributed by atoms with Gasteiger partial charge in [-0.2, -0.15) is 0 Å². The van der Waals surface area contributed by atoms with Gasteiger partial charge in [0, 0.05) is 0 Å². The van der Waals surface area contributed by atoms with Crippen molar-refractivity contribution in [3.8, 4) is 11.5 Å². The molecule has 3 N–H and O–H groups in total. The molecule has 0 bridgehead atoms. The first kappa shape index (κ1) is 17.3. The highest BCUT2D eigenvalue weighted by Crippen LogP contribution is 2.18. The van der Waals surface area contributed by atoms with E-state index < -0.39 is 18.0 Å². The molecule has 0 aromatic heterocycles. The van der Waals surface area contributed by atoms with Crippen LogP contribution in [0.2, 0.25) is 0 Å². The van der Waals surface area contributed by atoms with E-state index in [-0.39, 0.29) is 30.1 Å². The summed E-state index contributed by atoms with van der Waals surface area (Å²) in [7, 11) is 0. The van der Waals surface area contributed by atoms with E-state index in [1.54, 1.807) is 24.3 Å². The summed E-state index contributed by atoms with van der Waals surface area (Å²) in [6.07, 6.45) is -0.966. The van der Waals surface area contributed by atoms with E-state index in [4.69, 9.17) is 19.7 Å². The molecule has 2 rings (SSSR count). The van der Waals surface area contributed by atoms with Crippen LogP contribution in [0, 0.1) is 0 Å². The fraction of sp³-hybridized carbons (Fsp3) is 0.176. The van der Waals surface area contributed by atoms with Crippen LogP contribution in [-0.4, -0.2) is 46.6 Å². The van der Waals surface area contributed by atoms with E-state index in [9.17, 15) is 14.7 Å². The molecule has 0 spiro atoms. The Kier molecular flexibility index (Phi) is 5.75. The smallest absolute Gasteiger partial charge is 0.335 e. The highest BCUT2D eigenvalue weighted by Gasteiger charge is 2.13. The van der Waals surface area contributed by atoms with Gasteiger partial charge >= 0.3 is 11.9 Å². The van der Waals surface area contributed by atoms with Crippen molar-refractivity contribution in [3.05, 3.63) is 59.7 Å². The van der Waals surface area contributed by atoms with Crippen molar-refractivity contribution < 1.29 is 34.4 Å². The SMILES string of the molecule is O=C(O)c1cc(OCC(O)COc2ccccc2)cc(C(=O)O)c1. The first-order valence-corrected chi connectivity index (χ1v) is 7.06. The summed E-state index contributed by atoms with van der Waals surface area (Å²) in [6.45, 7) is -0.191. The molecule has 0 aliphatic carbocycles. The zero-order chi connectivity index (χ0) is 17.5. The second kappa shape index (κ2) is 7.98. The van der Waals surface area contributed by atoms with Gasteiger partial charge in [-0.15, -0.1) is 0 Å². The van der Waals surface area contributed by atoms with E-state index in [1.165, 1.54) is 12.1 Å². The molecule has 2 aromatic rings. The summed E-state index contributed by atoms with van der Waals surface area (Å²) in [5.74, 6) is -1.89. The van der Waals surface area contributed by atoms with Crippen molar-refractivity contribution in [2.75, 3.05) is 13.2 Å². The molecule has 1 atom stereocenters. The van der Waals surface area contributed by atoms with Gasteiger partial charge in [-0.05, 0) is 30.3 Å². The molecule has 126 valence electrons. The van der Waals surface area contributed by atoms with Gasteiger partial charge in [0.25, 0.3) is 0 Å². The molecule has 0 amide bonds. The number of hydrogen-bond acceptors (Lipinski definition) is 5. The minimum absolute atomic E-state index is 0.0194. The molecule has 24 heavy (non-hydrogen) atoms. The first-order valence-electron chi connectivity index (χ1n) is 7.06. The van der Waals surface area contributed by atoms with Crippen molar-refractivity contribution in [3.63, 3.8) is 0 Å². The Morgan fingerprint density at radius 2 is 1.33 bits per heavy atom. The summed E-state index contributed by atoms with van der Waals surface area (Å²) in [6, 6.07) is 12.3. The number of aliphatic hydroxyl groups excluding tert-OH is 1. The molecular formula is C17H16O7. The molecule has 0 heterocycles. The van der Waals surface area contributed by atoms with Crippen LogP contribution in [0.4, 0.5) is 0 Å². The second-order valence-electron chi connectivity index (χ2n) is 4.95. The minimum Gasteiger partial charge on any atom is -0.491 e. The third-order valence-electron chi connectivity index (χ3n) is 3.03. The maximum absolute atomic E-state index is 11.0. The molecule has 0 radical (unpaired) electrons. The molecule has 0 fully saturated rings. The van der Waals surface area contributed by atoms with Crippen LogP contribution in [0.1, 0.15) is 20.7 Å². The van der Waals surface area contributed by atoms with Gasteiger partial charge in [0.2, 0.25) is 0 Å². The number of para-hydroxylation sites is 1. The normalized spacial score (nSPS) is 11.5. The van der Waals surface area contributed by atoms with Gasteiger partial charge in [0.1, 0.15) is 30.8 Å². The molecule has 2 aromatic carbocycles. The predicted molar refractivity (Wildman–Crippen MR) is 83.8 cm³/mol. The number of aliphatic hydroxyl groups is 1. The summed E-state index contributed by atoms with van der Waals surface area (Å²) in [5.41, 5.74) is -0.417. The lowest BCUT2D eigenvalue weighted by Crippen LogP contribution is -2.25. The van der Waals surface area contributed by atoms with E-state index in [0.717, 1.165) is 6.07 Å². The quantitative estimate of drug-likeness (QED) is 0.676. The number of carboxylic acids is 2. The zero-order valence-electron chi connectivity index (χ0n) is 12.6. The minimum atomic E-state index is -1.27. The van der Waals surface area contributed by atoms with Crippen molar-refractivity contribution >= 4 is 11.9 Å². The van der Waals surface area contributed by atoms with Crippen LogP contribution < -0.4 is 9.47 Å². The lowest BCUT2D eigenvalue weighted by molar-refractivity contribution is 0.0621. The van der Waals surface area contributed by atoms with Gasteiger partial charge in [0.05, 0.1) is 11.1 Å². The molecule has 0 aliphatic rings. The van der Waals surface area contributed by atoms with Crippen molar-refractivity contribution in [1.82, 2.24) is 0 Å². The second-order valence-corrected chi connectivity index (χ2v) is 4.95. The number of hydrogen-bond donors (Lipinski definition) is 3. The van der Waals surface area contributed by atoms with Crippen LogP contribution in [0.15, 0.2) is 48.5 Å². The molecule has 1 unspecified atom stereocenters. The number of aromatic carboxylic acids is 2. The Hall–Kier alpha value is -3.06. The van der Waals surface area contributed by atoms with Crippen LogP contribution >= 0.6 is 0 Å². The van der Waals surface area contributed by atoms with Crippen LogP contribution in [0.5, 0.6) is 11.5 Å². The Bertz CT molecular complexity index is 680. The Morgan fingerprint density at radius 1 is 0.833 bits per heavy atom. The number of ether oxygens (including phenoxy) is 2. The van der Waals surface area contributed by atoms with Crippen molar-refractivity contribution in [1.29, 1.82) is 0 Å². The molecular weight excluding hydrogens is 316 g/mol. The first-order chi connectivity index (χ1) is 11.5. The van der Waals surface area contributed by atoms with E-state index in [1.807, 2.05) is 6.07 Å². The zero-order valence-corrected chi connectivity index (χ0v) is 12.6. The fourth-order valence-corrected chi connectivity index (χ4v) is 1.88. The molecule has 7 heteroatoms. The van der Waals surface area contributed by atoms with E-state index in [0.29, 0.717) is 5.75 Å². The summed E-state index contributed by atoms with van der Waals surface area (Å²) >= 11 is 0. The number of rotatable bonds is 8. The van der Waals surface area contributed by atoms with Crippen molar-refractivity contribution in [2.24, 2.45) is 0 Å². The third kappa shape index (κ3) is 4.99. The van der Waals surface area contributed by atoms with Crippen LogP contribution in [0.25, 0.3) is 0 Å². The topological polar surface area (TPSA) is 113 Å². The van der Waals surface area contributed by atoms with Gasteiger partial charge in [-0.3, -0.25) is 0 Å². The van der Waals surface area contributed by atoms with Crippen LogP contribution in [0.3, 0.4) is 0 Å². The number of carboxylic acid groups (broad SMARTS) is 2. The van der Waals surface area contributed by atoms with Gasteiger partial charge in [-0.1, -0.05) is 18.2 Å². The Balaban J connectivity index is 1.95. The fourth-order valence-electron chi connectivity index (χ4n) is 1.88. The maximum atomic E-state index is 11.0. The summed E-state index contributed by atoms with van der Waals surface area (Å²) in [4.78, 5) is 22.0. The summed E-state index contributed by atoms with van der Waals surface area (Å²) in [5, 5.41) is 27.8. The van der Waals surface area contributed by atoms with Gasteiger partial charge < -0.3 is 24.8 Å². The van der Waals surface area contributed by atoms with Gasteiger partial charge in [0.15, 0.2) is 0 Å². The third-order valence-corrected chi connectivity index (χ3v) is 3.03. The molecule has 0 aliphatic heterocycles. The Morgan fingerprint density at radius 3 is 1.83 bits per heavy atom. The van der Waals surface area contributed by atoms with Gasteiger partial charge in [-0.25, -0.2) is 9.59 Å².